The van der Waals surface area contributed by atoms with Crippen molar-refractivity contribution in [1.82, 2.24) is 4.72 Å². The minimum atomic E-state index is -3.69. The third-order valence-corrected chi connectivity index (χ3v) is 6.27. The van der Waals surface area contributed by atoms with Gasteiger partial charge in [0.25, 0.3) is 0 Å². The zero-order valence-electron chi connectivity index (χ0n) is 15.6. The van der Waals surface area contributed by atoms with Crippen molar-refractivity contribution in [2.75, 3.05) is 20.3 Å². The second-order valence-electron chi connectivity index (χ2n) is 6.62. The number of sulfonamides is 1. The Morgan fingerprint density at radius 3 is 2.43 bits per heavy atom. The lowest BCUT2D eigenvalue weighted by Crippen LogP contribution is -2.27. The Labute approximate surface area is 164 Å². The first-order chi connectivity index (χ1) is 13.5. The van der Waals surface area contributed by atoms with Gasteiger partial charge < -0.3 is 14.2 Å². The molecule has 1 heterocycles. The number of hydrogen-bond acceptors (Lipinski definition) is 5. The maximum atomic E-state index is 12.9. The number of fused-ring (bicyclic) bond motifs is 2. The van der Waals surface area contributed by atoms with Crippen LogP contribution >= 0.6 is 0 Å². The highest BCUT2D eigenvalue weighted by Gasteiger charge is 2.21. The average molecular weight is 399 g/mol. The van der Waals surface area contributed by atoms with Crippen molar-refractivity contribution in [1.29, 1.82) is 0 Å². The van der Waals surface area contributed by atoms with Crippen molar-refractivity contribution in [2.45, 2.75) is 17.9 Å². The van der Waals surface area contributed by atoms with E-state index >= 15 is 0 Å². The zero-order valence-corrected chi connectivity index (χ0v) is 16.5. The van der Waals surface area contributed by atoms with E-state index in [-0.39, 0.29) is 4.90 Å². The Hall–Kier alpha value is -2.77. The second-order valence-corrected chi connectivity index (χ2v) is 8.33. The summed E-state index contributed by atoms with van der Waals surface area (Å²) in [6.07, 6.45) is 0. The Balaban J connectivity index is 1.59. The molecule has 1 aliphatic rings. The topological polar surface area (TPSA) is 73.9 Å². The van der Waals surface area contributed by atoms with Gasteiger partial charge >= 0.3 is 0 Å². The van der Waals surface area contributed by atoms with E-state index in [2.05, 4.69) is 4.72 Å². The number of benzene rings is 3. The molecule has 146 valence electrons. The van der Waals surface area contributed by atoms with Crippen molar-refractivity contribution in [3.8, 4) is 17.2 Å². The number of rotatable bonds is 5. The summed E-state index contributed by atoms with van der Waals surface area (Å²) < 4.78 is 44.8. The second kappa shape index (κ2) is 7.33. The monoisotopic (exact) mass is 399 g/mol. The van der Waals surface area contributed by atoms with Gasteiger partial charge in [-0.25, -0.2) is 13.1 Å². The molecule has 0 spiro atoms. The van der Waals surface area contributed by atoms with Crippen molar-refractivity contribution in [3.05, 3.63) is 60.2 Å². The summed E-state index contributed by atoms with van der Waals surface area (Å²) in [5.41, 5.74) is 0.804. The highest BCUT2D eigenvalue weighted by atomic mass is 32.2. The first-order valence-corrected chi connectivity index (χ1v) is 10.4. The van der Waals surface area contributed by atoms with E-state index in [4.69, 9.17) is 14.2 Å². The maximum Gasteiger partial charge on any atom is 0.241 e. The Kier molecular flexibility index (Phi) is 4.87. The van der Waals surface area contributed by atoms with Gasteiger partial charge in [-0.3, -0.25) is 0 Å². The van der Waals surface area contributed by atoms with Crippen LogP contribution in [0.15, 0.2) is 59.5 Å². The fourth-order valence-corrected chi connectivity index (χ4v) is 4.46. The van der Waals surface area contributed by atoms with E-state index in [0.29, 0.717) is 24.7 Å². The number of hydrogen-bond donors (Lipinski definition) is 1. The third kappa shape index (κ3) is 3.63. The molecule has 0 aromatic heterocycles. The fourth-order valence-electron chi connectivity index (χ4n) is 3.19. The fraction of sp³-hybridized carbons (Fsp3) is 0.238. The highest BCUT2D eigenvalue weighted by Crippen LogP contribution is 2.33. The molecule has 4 rings (SSSR count). The van der Waals surface area contributed by atoms with Crippen molar-refractivity contribution in [3.63, 3.8) is 0 Å². The van der Waals surface area contributed by atoms with E-state index in [1.807, 2.05) is 30.3 Å². The van der Waals surface area contributed by atoms with E-state index < -0.39 is 16.1 Å². The maximum absolute atomic E-state index is 12.9. The van der Waals surface area contributed by atoms with Crippen LogP contribution in [0, 0.1) is 0 Å². The lowest BCUT2D eigenvalue weighted by atomic mass is 10.1. The van der Waals surface area contributed by atoms with Crippen molar-refractivity contribution >= 4 is 20.8 Å². The molecule has 3 aromatic rings. The normalized spacial score (nSPS) is 14.6. The first kappa shape index (κ1) is 18.6. The van der Waals surface area contributed by atoms with Gasteiger partial charge in [0.2, 0.25) is 10.0 Å². The standard InChI is InChI=1S/C21H21NO5S/c1-14(15-5-8-20-21(13-15)27-10-9-26-20)22-28(23,24)19-7-4-16-11-18(25-2)6-3-17(16)12-19/h3-8,11-14,22H,9-10H2,1-2H3. The van der Waals surface area contributed by atoms with E-state index in [9.17, 15) is 8.42 Å². The third-order valence-electron chi connectivity index (χ3n) is 4.73. The number of ether oxygens (including phenoxy) is 3. The van der Waals surface area contributed by atoms with Crippen LogP contribution in [0.1, 0.15) is 18.5 Å². The van der Waals surface area contributed by atoms with Gasteiger partial charge in [-0.05, 0) is 59.7 Å². The average Bonchev–Trinajstić information content (AvgIpc) is 2.72. The summed E-state index contributed by atoms with van der Waals surface area (Å²) in [7, 11) is -2.09. The Morgan fingerprint density at radius 1 is 0.929 bits per heavy atom. The molecule has 0 amide bonds. The van der Waals surface area contributed by atoms with Gasteiger partial charge in [-0.1, -0.05) is 18.2 Å². The van der Waals surface area contributed by atoms with Crippen LogP contribution in [0.2, 0.25) is 0 Å². The van der Waals surface area contributed by atoms with Gasteiger partial charge in [-0.2, -0.15) is 0 Å². The summed E-state index contributed by atoms with van der Waals surface area (Å²) in [4.78, 5) is 0.217. The van der Waals surface area contributed by atoms with Gasteiger partial charge in [0.05, 0.1) is 12.0 Å². The quantitative estimate of drug-likeness (QED) is 0.709. The zero-order chi connectivity index (χ0) is 19.7. The minimum Gasteiger partial charge on any atom is -0.497 e. The highest BCUT2D eigenvalue weighted by molar-refractivity contribution is 7.89. The molecule has 0 saturated carbocycles. The molecule has 1 aliphatic heterocycles. The molecule has 0 aliphatic carbocycles. The lowest BCUT2D eigenvalue weighted by molar-refractivity contribution is 0.171. The number of methoxy groups -OCH3 is 1. The molecular formula is C21H21NO5S. The molecule has 0 bridgehead atoms. The predicted octanol–water partition coefficient (Wildman–Crippen LogP) is 3.66. The van der Waals surface area contributed by atoms with Crippen molar-refractivity contribution in [2.24, 2.45) is 0 Å². The SMILES string of the molecule is COc1ccc2cc(S(=O)(=O)NC(C)c3ccc4c(c3)OCCO4)ccc2c1. The van der Waals surface area contributed by atoms with Gasteiger partial charge in [-0.15, -0.1) is 0 Å². The molecule has 0 fully saturated rings. The molecular weight excluding hydrogens is 378 g/mol. The van der Waals surface area contributed by atoms with Crippen LogP contribution in [-0.4, -0.2) is 28.7 Å². The summed E-state index contributed by atoms with van der Waals surface area (Å²) in [6, 6.07) is 15.6. The van der Waals surface area contributed by atoms with Crippen LogP contribution in [-0.2, 0) is 10.0 Å². The summed E-state index contributed by atoms with van der Waals surface area (Å²) in [5, 5.41) is 1.74. The van der Waals surface area contributed by atoms with Gasteiger partial charge in [0, 0.05) is 6.04 Å². The molecule has 1 unspecified atom stereocenters. The van der Waals surface area contributed by atoms with E-state index in [0.717, 1.165) is 22.1 Å². The molecule has 1 atom stereocenters. The van der Waals surface area contributed by atoms with E-state index in [1.54, 1.807) is 38.3 Å². The van der Waals surface area contributed by atoms with Crippen LogP contribution < -0.4 is 18.9 Å². The lowest BCUT2D eigenvalue weighted by Gasteiger charge is -2.21. The summed E-state index contributed by atoms with van der Waals surface area (Å²) in [6.45, 7) is 2.80. The largest absolute Gasteiger partial charge is 0.497 e. The van der Waals surface area contributed by atoms with Crippen LogP contribution in [0.25, 0.3) is 10.8 Å². The van der Waals surface area contributed by atoms with E-state index in [1.165, 1.54) is 0 Å². The minimum absolute atomic E-state index is 0.217. The van der Waals surface area contributed by atoms with Gasteiger partial charge in [0.1, 0.15) is 19.0 Å². The molecule has 1 N–H and O–H groups in total. The Bertz CT molecular complexity index is 1130. The first-order valence-electron chi connectivity index (χ1n) is 8.96. The van der Waals surface area contributed by atoms with Crippen molar-refractivity contribution < 1.29 is 22.6 Å². The van der Waals surface area contributed by atoms with Crippen LogP contribution in [0.4, 0.5) is 0 Å². The molecule has 3 aromatic carbocycles. The smallest absolute Gasteiger partial charge is 0.241 e. The Morgan fingerprint density at radius 2 is 1.64 bits per heavy atom. The molecule has 0 saturated heterocycles. The molecule has 6 nitrogen and oxygen atoms in total. The molecule has 7 heteroatoms. The number of nitrogens with one attached hydrogen (secondary N) is 1. The summed E-state index contributed by atoms with van der Waals surface area (Å²) in [5.74, 6) is 2.04. The van der Waals surface area contributed by atoms with Crippen LogP contribution in [0.5, 0.6) is 17.2 Å². The van der Waals surface area contributed by atoms with Gasteiger partial charge in [0.15, 0.2) is 11.5 Å². The predicted molar refractivity (Wildman–Crippen MR) is 107 cm³/mol. The van der Waals surface area contributed by atoms with Crippen LogP contribution in [0.3, 0.4) is 0 Å². The molecule has 0 radical (unpaired) electrons. The summed E-state index contributed by atoms with van der Waals surface area (Å²) >= 11 is 0. The molecule has 28 heavy (non-hydrogen) atoms.